The first-order valence-electron chi connectivity index (χ1n) is 5.95. The molecule has 2 rings (SSSR count). The number of nitrogens with one attached hydrogen (secondary N) is 1. The highest BCUT2D eigenvalue weighted by atomic mass is 19.3. The predicted octanol–water partition coefficient (Wildman–Crippen LogP) is 2.54. The standard InChI is InChI=1S/C13H14F2N2O2/c1-8(16-17-12(18)9-5-6-9)10-3-2-4-11(7-10)19-13(14)15/h2-4,7,9,13H,5-6H2,1H3,(H,17,18)/b16-8-. The molecule has 1 aromatic rings. The maximum absolute atomic E-state index is 12.1. The lowest BCUT2D eigenvalue weighted by molar-refractivity contribution is -0.122. The molecule has 1 amide bonds. The summed E-state index contributed by atoms with van der Waals surface area (Å²) in [4.78, 5) is 11.4. The summed E-state index contributed by atoms with van der Waals surface area (Å²) in [6, 6.07) is 6.19. The number of carbonyl (C=O) groups is 1. The highest BCUT2D eigenvalue weighted by Crippen LogP contribution is 2.28. The maximum atomic E-state index is 12.1. The van der Waals surface area contributed by atoms with Gasteiger partial charge < -0.3 is 4.74 Å². The molecule has 0 spiro atoms. The highest BCUT2D eigenvalue weighted by molar-refractivity contribution is 5.99. The fourth-order valence-corrected chi connectivity index (χ4v) is 1.54. The van der Waals surface area contributed by atoms with E-state index >= 15 is 0 Å². The van der Waals surface area contributed by atoms with Crippen molar-refractivity contribution in [2.24, 2.45) is 11.0 Å². The summed E-state index contributed by atoms with van der Waals surface area (Å²) in [6.45, 7) is -1.17. The van der Waals surface area contributed by atoms with E-state index in [0.29, 0.717) is 11.3 Å². The summed E-state index contributed by atoms with van der Waals surface area (Å²) in [5.74, 6) is 0.0416. The van der Waals surface area contributed by atoms with Gasteiger partial charge in [0.25, 0.3) is 0 Å². The van der Waals surface area contributed by atoms with Gasteiger partial charge in [-0.25, -0.2) is 5.43 Å². The van der Waals surface area contributed by atoms with Crippen LogP contribution in [0.5, 0.6) is 5.75 Å². The molecule has 1 aromatic carbocycles. The van der Waals surface area contributed by atoms with Gasteiger partial charge >= 0.3 is 6.61 Å². The second-order valence-electron chi connectivity index (χ2n) is 4.35. The van der Waals surface area contributed by atoms with Gasteiger partial charge in [-0.05, 0) is 31.9 Å². The number of hydrogen-bond acceptors (Lipinski definition) is 3. The molecular weight excluding hydrogens is 254 g/mol. The van der Waals surface area contributed by atoms with Crippen LogP contribution < -0.4 is 10.2 Å². The summed E-state index contributed by atoms with van der Waals surface area (Å²) in [7, 11) is 0. The van der Waals surface area contributed by atoms with Crippen molar-refractivity contribution in [3.05, 3.63) is 29.8 Å². The van der Waals surface area contributed by atoms with Gasteiger partial charge in [0.15, 0.2) is 0 Å². The van der Waals surface area contributed by atoms with E-state index in [0.717, 1.165) is 12.8 Å². The van der Waals surface area contributed by atoms with Gasteiger partial charge in [0, 0.05) is 11.5 Å². The van der Waals surface area contributed by atoms with Crippen molar-refractivity contribution in [3.8, 4) is 5.75 Å². The zero-order valence-corrected chi connectivity index (χ0v) is 10.4. The van der Waals surface area contributed by atoms with E-state index in [2.05, 4.69) is 15.3 Å². The molecule has 0 aliphatic heterocycles. The number of hydrogen-bond donors (Lipinski definition) is 1. The molecule has 1 aliphatic rings. The van der Waals surface area contributed by atoms with Crippen LogP contribution in [0.25, 0.3) is 0 Å². The molecule has 1 fully saturated rings. The number of amides is 1. The zero-order chi connectivity index (χ0) is 13.8. The third kappa shape index (κ3) is 4.01. The Balaban J connectivity index is 2.02. The first-order valence-corrected chi connectivity index (χ1v) is 5.95. The number of hydrazone groups is 1. The monoisotopic (exact) mass is 268 g/mol. The van der Waals surface area contributed by atoms with Crippen LogP contribution in [0.3, 0.4) is 0 Å². The van der Waals surface area contributed by atoms with Crippen LogP contribution >= 0.6 is 0 Å². The van der Waals surface area contributed by atoms with Crippen LogP contribution in [-0.2, 0) is 4.79 Å². The van der Waals surface area contributed by atoms with Gasteiger partial charge in [0.1, 0.15) is 5.75 Å². The molecule has 0 unspecified atom stereocenters. The van der Waals surface area contributed by atoms with Gasteiger partial charge in [-0.1, -0.05) is 12.1 Å². The van der Waals surface area contributed by atoms with Gasteiger partial charge in [-0.15, -0.1) is 0 Å². The third-order valence-electron chi connectivity index (χ3n) is 2.76. The Morgan fingerprint density at radius 3 is 2.84 bits per heavy atom. The lowest BCUT2D eigenvalue weighted by Gasteiger charge is -2.06. The molecule has 1 saturated carbocycles. The minimum absolute atomic E-state index is 0.0653. The number of nitrogens with zero attached hydrogens (tertiary/aromatic N) is 1. The van der Waals surface area contributed by atoms with Crippen LogP contribution in [0, 0.1) is 5.92 Å². The fraction of sp³-hybridized carbons (Fsp3) is 0.385. The van der Waals surface area contributed by atoms with E-state index in [4.69, 9.17) is 0 Å². The molecule has 0 heterocycles. The number of benzene rings is 1. The Labute approximate surface area is 109 Å². The van der Waals surface area contributed by atoms with Crippen LogP contribution in [-0.4, -0.2) is 18.2 Å². The van der Waals surface area contributed by atoms with Crippen molar-refractivity contribution in [2.45, 2.75) is 26.4 Å². The van der Waals surface area contributed by atoms with E-state index in [9.17, 15) is 13.6 Å². The normalized spacial score (nSPS) is 15.5. The number of alkyl halides is 2. The second kappa shape index (κ2) is 5.77. The second-order valence-corrected chi connectivity index (χ2v) is 4.35. The smallest absolute Gasteiger partial charge is 0.387 e. The lowest BCUT2D eigenvalue weighted by atomic mass is 10.1. The van der Waals surface area contributed by atoms with E-state index in [1.165, 1.54) is 12.1 Å². The molecular formula is C13H14F2N2O2. The van der Waals surface area contributed by atoms with E-state index in [-0.39, 0.29) is 17.6 Å². The lowest BCUT2D eigenvalue weighted by Crippen LogP contribution is -2.20. The Bertz CT molecular complexity index is 499. The average Bonchev–Trinajstić information content (AvgIpc) is 3.19. The molecule has 0 saturated heterocycles. The summed E-state index contributed by atoms with van der Waals surface area (Å²) >= 11 is 0. The van der Waals surface area contributed by atoms with Gasteiger partial charge in [0.2, 0.25) is 5.91 Å². The Kier molecular flexibility index (Phi) is 4.09. The number of halogens is 2. The van der Waals surface area contributed by atoms with Crippen molar-refractivity contribution in [3.63, 3.8) is 0 Å². The van der Waals surface area contributed by atoms with Gasteiger partial charge in [0.05, 0.1) is 5.71 Å². The van der Waals surface area contributed by atoms with E-state index in [1.807, 2.05) is 0 Å². The number of rotatable bonds is 5. The number of carbonyl (C=O) groups excluding carboxylic acids is 1. The molecule has 102 valence electrons. The van der Waals surface area contributed by atoms with E-state index in [1.54, 1.807) is 19.1 Å². The topological polar surface area (TPSA) is 50.7 Å². The molecule has 4 nitrogen and oxygen atoms in total. The molecule has 6 heteroatoms. The zero-order valence-electron chi connectivity index (χ0n) is 10.4. The SMILES string of the molecule is C/C(=N/NC(=O)C1CC1)c1cccc(OC(F)F)c1. The largest absolute Gasteiger partial charge is 0.435 e. The van der Waals surface area contributed by atoms with Gasteiger partial charge in [-0.2, -0.15) is 13.9 Å². The molecule has 19 heavy (non-hydrogen) atoms. The first kappa shape index (κ1) is 13.5. The summed E-state index contributed by atoms with van der Waals surface area (Å²) < 4.78 is 28.5. The molecule has 0 radical (unpaired) electrons. The maximum Gasteiger partial charge on any atom is 0.387 e. The van der Waals surface area contributed by atoms with Crippen LogP contribution in [0.2, 0.25) is 0 Å². The highest BCUT2D eigenvalue weighted by Gasteiger charge is 2.29. The van der Waals surface area contributed by atoms with Crippen molar-refractivity contribution in [2.75, 3.05) is 0 Å². The Morgan fingerprint density at radius 2 is 2.21 bits per heavy atom. The average molecular weight is 268 g/mol. The number of ether oxygens (including phenoxy) is 1. The summed E-state index contributed by atoms with van der Waals surface area (Å²) in [5, 5.41) is 3.95. The Morgan fingerprint density at radius 1 is 1.47 bits per heavy atom. The summed E-state index contributed by atoms with van der Waals surface area (Å²) in [6.07, 6.45) is 1.80. The molecule has 0 aromatic heterocycles. The van der Waals surface area contributed by atoms with Crippen LogP contribution in [0.1, 0.15) is 25.3 Å². The first-order chi connectivity index (χ1) is 9.06. The molecule has 0 bridgehead atoms. The molecule has 0 atom stereocenters. The molecule has 1 N–H and O–H groups in total. The minimum Gasteiger partial charge on any atom is -0.435 e. The minimum atomic E-state index is -2.86. The quantitative estimate of drug-likeness (QED) is 0.659. The van der Waals surface area contributed by atoms with Crippen molar-refractivity contribution in [1.82, 2.24) is 5.43 Å². The Hall–Kier alpha value is -1.98. The van der Waals surface area contributed by atoms with Crippen molar-refractivity contribution < 1.29 is 18.3 Å². The third-order valence-corrected chi connectivity index (χ3v) is 2.76. The van der Waals surface area contributed by atoms with Crippen LogP contribution in [0.4, 0.5) is 8.78 Å². The fourth-order valence-electron chi connectivity index (χ4n) is 1.54. The van der Waals surface area contributed by atoms with E-state index < -0.39 is 6.61 Å². The van der Waals surface area contributed by atoms with Crippen molar-refractivity contribution >= 4 is 11.6 Å². The van der Waals surface area contributed by atoms with Crippen LogP contribution in [0.15, 0.2) is 29.4 Å². The molecule has 1 aliphatic carbocycles. The van der Waals surface area contributed by atoms with Crippen molar-refractivity contribution in [1.29, 1.82) is 0 Å². The van der Waals surface area contributed by atoms with Gasteiger partial charge in [-0.3, -0.25) is 4.79 Å². The predicted molar refractivity (Wildman–Crippen MR) is 66.2 cm³/mol. The summed E-state index contributed by atoms with van der Waals surface area (Å²) in [5.41, 5.74) is 3.62.